The summed E-state index contributed by atoms with van der Waals surface area (Å²) in [5.74, 6) is 0.594. The SMILES string of the molecule is Cc1ccc(-c2ccc(C=NN3C(=O)[C@@H]4[C@H](C3=O)[C@H]3C=C[C@H]4C3)o2)cc1Cl. The molecule has 2 aliphatic carbocycles. The van der Waals surface area contributed by atoms with E-state index in [-0.39, 0.29) is 35.5 Å². The smallest absolute Gasteiger partial charge is 0.254 e. The molecule has 6 heteroatoms. The summed E-state index contributed by atoms with van der Waals surface area (Å²) in [6.45, 7) is 1.94. The summed E-state index contributed by atoms with van der Waals surface area (Å²) >= 11 is 6.17. The molecular formula is C21H17ClN2O3. The van der Waals surface area contributed by atoms with Gasteiger partial charge in [-0.3, -0.25) is 9.59 Å². The lowest BCUT2D eigenvalue weighted by molar-refractivity contribution is -0.140. The molecule has 0 spiro atoms. The summed E-state index contributed by atoms with van der Waals surface area (Å²) in [6, 6.07) is 9.27. The van der Waals surface area contributed by atoms with E-state index in [0.717, 1.165) is 22.6 Å². The van der Waals surface area contributed by atoms with Crippen molar-refractivity contribution in [3.63, 3.8) is 0 Å². The Balaban J connectivity index is 1.36. The van der Waals surface area contributed by atoms with Crippen LogP contribution in [0, 0.1) is 30.6 Å². The van der Waals surface area contributed by atoms with Crippen LogP contribution < -0.4 is 0 Å². The third-order valence-corrected chi connectivity index (χ3v) is 6.24. The number of carbonyl (C=O) groups excluding carboxylic acids is 2. The zero-order valence-corrected chi connectivity index (χ0v) is 15.4. The van der Waals surface area contributed by atoms with E-state index < -0.39 is 0 Å². The number of hydrogen-bond donors (Lipinski definition) is 0. The zero-order valence-electron chi connectivity index (χ0n) is 14.6. The molecule has 2 amide bonds. The van der Waals surface area contributed by atoms with E-state index in [1.54, 1.807) is 6.07 Å². The van der Waals surface area contributed by atoms with E-state index in [0.29, 0.717) is 16.5 Å². The monoisotopic (exact) mass is 380 g/mol. The molecule has 1 aliphatic heterocycles. The lowest BCUT2D eigenvalue weighted by Crippen LogP contribution is -2.28. The van der Waals surface area contributed by atoms with Crippen LogP contribution in [0.25, 0.3) is 11.3 Å². The van der Waals surface area contributed by atoms with Gasteiger partial charge in [-0.15, -0.1) is 0 Å². The molecule has 2 bridgehead atoms. The summed E-state index contributed by atoms with van der Waals surface area (Å²) < 4.78 is 5.77. The van der Waals surface area contributed by atoms with Gasteiger partial charge in [0.2, 0.25) is 0 Å². The standard InChI is InChI=1S/C21H17ClN2O3/c1-11-2-3-12(9-16(11)22)17-7-6-15(27-17)10-23-24-20(25)18-13-4-5-14(8-13)19(18)21(24)26/h2-7,9-10,13-14,18-19H,8H2,1H3/t13-,14-,18-,19+/m0/s1. The number of carbonyl (C=O) groups is 2. The fraction of sp³-hybridized carbons (Fsp3) is 0.286. The van der Waals surface area contributed by atoms with Gasteiger partial charge in [0, 0.05) is 10.6 Å². The maximum atomic E-state index is 12.6. The Morgan fingerprint density at radius 1 is 1.11 bits per heavy atom. The van der Waals surface area contributed by atoms with E-state index >= 15 is 0 Å². The Kier molecular flexibility index (Phi) is 3.62. The third kappa shape index (κ3) is 2.49. The maximum Gasteiger partial charge on any atom is 0.254 e. The van der Waals surface area contributed by atoms with Crippen molar-refractivity contribution in [2.45, 2.75) is 13.3 Å². The predicted octanol–water partition coefficient (Wildman–Crippen LogP) is 4.05. The van der Waals surface area contributed by atoms with Gasteiger partial charge in [-0.2, -0.15) is 10.1 Å². The quantitative estimate of drug-likeness (QED) is 0.458. The van der Waals surface area contributed by atoms with Crippen molar-refractivity contribution in [3.05, 3.63) is 58.8 Å². The molecular weight excluding hydrogens is 364 g/mol. The van der Waals surface area contributed by atoms with Crippen LogP contribution in [0.3, 0.4) is 0 Å². The molecule has 0 N–H and O–H groups in total. The van der Waals surface area contributed by atoms with Gasteiger partial charge in [0.15, 0.2) is 0 Å². The van der Waals surface area contributed by atoms with Crippen LogP contribution in [0.15, 0.2) is 52.0 Å². The molecule has 3 aliphatic rings. The van der Waals surface area contributed by atoms with Crippen LogP contribution in [0.2, 0.25) is 5.02 Å². The molecule has 136 valence electrons. The first-order chi connectivity index (χ1) is 13.0. The lowest BCUT2D eigenvalue weighted by atomic mass is 9.85. The topological polar surface area (TPSA) is 62.9 Å². The number of benzene rings is 1. The largest absolute Gasteiger partial charge is 0.455 e. The molecule has 0 radical (unpaired) electrons. The summed E-state index contributed by atoms with van der Waals surface area (Å²) in [6.07, 6.45) is 6.46. The first-order valence-electron chi connectivity index (χ1n) is 8.99. The number of fused-ring (bicyclic) bond motifs is 5. The highest BCUT2D eigenvalue weighted by molar-refractivity contribution is 6.31. The van der Waals surface area contributed by atoms with Crippen molar-refractivity contribution < 1.29 is 14.0 Å². The molecule has 1 aromatic heterocycles. The highest BCUT2D eigenvalue weighted by Crippen LogP contribution is 2.52. The van der Waals surface area contributed by atoms with Crippen molar-refractivity contribution in [2.24, 2.45) is 28.8 Å². The van der Waals surface area contributed by atoms with Crippen LogP contribution in [0.1, 0.15) is 17.7 Å². The van der Waals surface area contributed by atoms with E-state index in [1.165, 1.54) is 6.21 Å². The lowest BCUT2D eigenvalue weighted by Gasteiger charge is -2.13. The Morgan fingerprint density at radius 2 is 1.81 bits per heavy atom. The zero-order chi connectivity index (χ0) is 18.7. The van der Waals surface area contributed by atoms with Gasteiger partial charge in [-0.05, 0) is 48.9 Å². The highest BCUT2D eigenvalue weighted by atomic mass is 35.5. The van der Waals surface area contributed by atoms with Crippen LogP contribution in [0.5, 0.6) is 0 Å². The minimum atomic E-state index is -0.244. The number of nitrogens with zero attached hydrogens (tertiary/aromatic N) is 2. The maximum absolute atomic E-state index is 12.6. The first-order valence-corrected chi connectivity index (χ1v) is 9.37. The third-order valence-electron chi connectivity index (χ3n) is 5.83. The first kappa shape index (κ1) is 16.5. The second-order valence-electron chi connectivity index (χ2n) is 7.40. The number of allylic oxidation sites excluding steroid dienone is 2. The molecule has 4 atom stereocenters. The van der Waals surface area contributed by atoms with Gasteiger partial charge in [0.1, 0.15) is 11.5 Å². The summed E-state index contributed by atoms with van der Waals surface area (Å²) in [4.78, 5) is 25.2. The van der Waals surface area contributed by atoms with Crippen LogP contribution in [-0.4, -0.2) is 23.0 Å². The molecule has 5 rings (SSSR count). The van der Waals surface area contributed by atoms with Crippen molar-refractivity contribution in [2.75, 3.05) is 0 Å². The highest BCUT2D eigenvalue weighted by Gasteiger charge is 2.59. The second kappa shape index (κ2) is 5.92. The summed E-state index contributed by atoms with van der Waals surface area (Å²) in [5, 5.41) is 5.82. The van der Waals surface area contributed by atoms with Gasteiger partial charge in [0.05, 0.1) is 18.1 Å². The Labute approximate surface area is 161 Å². The molecule has 0 unspecified atom stereocenters. The van der Waals surface area contributed by atoms with Gasteiger partial charge >= 0.3 is 0 Å². The fourth-order valence-corrected chi connectivity index (χ4v) is 4.62. The van der Waals surface area contributed by atoms with Crippen molar-refractivity contribution >= 4 is 29.6 Å². The van der Waals surface area contributed by atoms with Gasteiger partial charge in [0.25, 0.3) is 11.8 Å². The fourth-order valence-electron chi connectivity index (χ4n) is 4.44. The van der Waals surface area contributed by atoms with Crippen molar-refractivity contribution in [3.8, 4) is 11.3 Å². The summed E-state index contributed by atoms with van der Waals surface area (Å²) in [5.41, 5.74) is 1.85. The molecule has 2 heterocycles. The van der Waals surface area contributed by atoms with E-state index in [2.05, 4.69) is 17.3 Å². The summed E-state index contributed by atoms with van der Waals surface area (Å²) in [7, 11) is 0. The number of rotatable bonds is 3. The average molecular weight is 381 g/mol. The van der Waals surface area contributed by atoms with Crippen LogP contribution in [0.4, 0.5) is 0 Å². The minimum Gasteiger partial charge on any atom is -0.455 e. The molecule has 1 aromatic carbocycles. The van der Waals surface area contributed by atoms with Gasteiger partial charge < -0.3 is 4.42 Å². The molecule has 1 saturated carbocycles. The number of halogens is 1. The average Bonchev–Trinajstić information content (AvgIpc) is 3.41. The second-order valence-corrected chi connectivity index (χ2v) is 7.81. The van der Waals surface area contributed by atoms with E-state index in [9.17, 15) is 9.59 Å². The van der Waals surface area contributed by atoms with E-state index in [1.807, 2.05) is 31.2 Å². The van der Waals surface area contributed by atoms with Gasteiger partial charge in [-0.25, -0.2) is 0 Å². The molecule has 5 nitrogen and oxygen atoms in total. The molecule has 27 heavy (non-hydrogen) atoms. The number of furan rings is 1. The van der Waals surface area contributed by atoms with Crippen molar-refractivity contribution in [1.82, 2.24) is 5.01 Å². The van der Waals surface area contributed by atoms with E-state index in [4.69, 9.17) is 16.0 Å². The van der Waals surface area contributed by atoms with Crippen molar-refractivity contribution in [1.29, 1.82) is 0 Å². The number of aryl methyl sites for hydroxylation is 1. The predicted molar refractivity (Wildman–Crippen MR) is 101 cm³/mol. The number of imide groups is 1. The normalized spacial score (nSPS) is 28.7. The molecule has 2 fully saturated rings. The molecule has 1 saturated heterocycles. The number of hydrogen-bond acceptors (Lipinski definition) is 4. The Morgan fingerprint density at radius 3 is 2.48 bits per heavy atom. The minimum absolute atomic E-state index is 0.179. The Bertz CT molecular complexity index is 992. The van der Waals surface area contributed by atoms with Crippen LogP contribution >= 0.6 is 11.6 Å². The molecule has 2 aromatic rings. The van der Waals surface area contributed by atoms with Gasteiger partial charge in [-0.1, -0.05) is 35.9 Å². The van der Waals surface area contributed by atoms with Crippen LogP contribution in [-0.2, 0) is 9.59 Å². The number of hydrazone groups is 1. The Hall–Kier alpha value is -2.66. The number of amides is 2.